The van der Waals surface area contributed by atoms with Crippen LogP contribution >= 0.6 is 0 Å². The van der Waals surface area contributed by atoms with Crippen LogP contribution in [-0.4, -0.2) is 18.7 Å². The standard InChI is InChI=1S/C48H31N4O.Pt/c1-3-14-34(15-4-1)40-20-7-8-21-41(40)35-28-29-49-48(30-35)52-44-23-10-9-22-42(44)43-27-26-39(32-47(43)52)53-38-19-13-18-37(31-38)51-33-50(36-16-5-2-6-17-36)45-24-11-12-25-46(45)51;/h1-30,33H;/q-1;. The average molecular weight is 875 g/mol. The monoisotopic (exact) mass is 874 g/mol. The molecule has 5 nitrogen and oxygen atoms in total. The molecule has 0 spiro atoms. The Hall–Kier alpha value is -6.55. The Labute approximate surface area is 327 Å². The number of nitrogens with zero attached hydrogens (tertiary/aromatic N) is 4. The number of pyridine rings is 1. The van der Waals surface area contributed by atoms with E-state index in [9.17, 15) is 0 Å². The zero-order chi connectivity index (χ0) is 35.1. The number of para-hydroxylation sites is 4. The van der Waals surface area contributed by atoms with Crippen molar-refractivity contribution in [3.8, 4) is 50.9 Å². The summed E-state index contributed by atoms with van der Waals surface area (Å²) in [7, 11) is 0. The van der Waals surface area contributed by atoms with Crippen molar-refractivity contribution < 1.29 is 25.8 Å². The molecule has 0 bridgehead atoms. The molecule has 0 aliphatic heterocycles. The fourth-order valence-corrected chi connectivity index (χ4v) is 7.34. The summed E-state index contributed by atoms with van der Waals surface area (Å²) in [5, 5.41) is 2.20. The number of benzene rings is 7. The molecular formula is C48H31N4OPt-. The number of hydrogen-bond donors (Lipinski definition) is 0. The van der Waals surface area contributed by atoms with Crippen LogP contribution in [0, 0.1) is 12.1 Å². The number of hydrogen-bond acceptors (Lipinski definition) is 2. The van der Waals surface area contributed by atoms with Crippen LogP contribution in [0.2, 0.25) is 0 Å². The molecule has 0 amide bonds. The number of imidazole rings is 1. The fourth-order valence-electron chi connectivity index (χ4n) is 7.34. The van der Waals surface area contributed by atoms with Crippen LogP contribution in [0.15, 0.2) is 188 Å². The van der Waals surface area contributed by atoms with E-state index in [1.165, 1.54) is 11.1 Å². The molecule has 7 aromatic carbocycles. The van der Waals surface area contributed by atoms with Crippen molar-refractivity contribution in [1.29, 1.82) is 0 Å². The molecule has 0 unspecified atom stereocenters. The zero-order valence-corrected chi connectivity index (χ0v) is 31.2. The summed E-state index contributed by atoms with van der Waals surface area (Å²) in [6.45, 7) is 0. The van der Waals surface area contributed by atoms with Gasteiger partial charge in [0.25, 0.3) is 0 Å². The van der Waals surface area contributed by atoms with Gasteiger partial charge in [-0.05, 0) is 58.0 Å². The molecule has 0 aliphatic rings. The first-order valence-electron chi connectivity index (χ1n) is 17.6. The third-order valence-corrected chi connectivity index (χ3v) is 9.75. The van der Waals surface area contributed by atoms with Gasteiger partial charge >= 0.3 is 0 Å². The van der Waals surface area contributed by atoms with Crippen LogP contribution in [0.1, 0.15) is 0 Å². The van der Waals surface area contributed by atoms with E-state index >= 15 is 0 Å². The Morgan fingerprint density at radius 3 is 1.94 bits per heavy atom. The van der Waals surface area contributed by atoms with E-state index in [4.69, 9.17) is 9.72 Å². The molecule has 3 heterocycles. The Morgan fingerprint density at radius 2 is 1.15 bits per heavy atom. The summed E-state index contributed by atoms with van der Waals surface area (Å²) < 4.78 is 13.1. The molecule has 6 heteroatoms. The molecule has 3 aromatic heterocycles. The van der Waals surface area contributed by atoms with E-state index in [2.05, 4.69) is 172 Å². The predicted molar refractivity (Wildman–Crippen MR) is 214 cm³/mol. The van der Waals surface area contributed by atoms with E-state index < -0.39 is 0 Å². The molecule has 260 valence electrons. The first-order chi connectivity index (χ1) is 26.3. The largest absolute Gasteiger partial charge is 0.508 e. The summed E-state index contributed by atoms with van der Waals surface area (Å²) >= 11 is 0. The maximum Gasteiger partial charge on any atom is 0.168 e. The predicted octanol–water partition coefficient (Wildman–Crippen LogP) is 11.9. The molecule has 0 atom stereocenters. The van der Waals surface area contributed by atoms with Crippen molar-refractivity contribution in [2.75, 3.05) is 0 Å². The van der Waals surface area contributed by atoms with Crippen molar-refractivity contribution in [3.63, 3.8) is 0 Å². The summed E-state index contributed by atoms with van der Waals surface area (Å²) in [4.78, 5) is 4.91. The number of ether oxygens (including phenoxy) is 1. The summed E-state index contributed by atoms with van der Waals surface area (Å²) in [6.07, 6.45) is 3.99. The Balaban J connectivity index is 0.00000384. The summed E-state index contributed by atoms with van der Waals surface area (Å²) in [5.41, 5.74) is 10.7. The van der Waals surface area contributed by atoms with Gasteiger partial charge in [0, 0.05) is 62.1 Å². The van der Waals surface area contributed by atoms with Gasteiger partial charge in [-0.25, -0.2) is 9.55 Å². The molecule has 0 aliphatic carbocycles. The van der Waals surface area contributed by atoms with Crippen molar-refractivity contribution in [2.45, 2.75) is 0 Å². The average Bonchev–Trinajstić information content (AvgIpc) is 3.78. The second-order valence-electron chi connectivity index (χ2n) is 12.9. The number of fused-ring (bicyclic) bond motifs is 4. The Bertz CT molecular complexity index is 2930. The van der Waals surface area contributed by atoms with Crippen LogP contribution in [-0.2, 0) is 21.1 Å². The minimum atomic E-state index is 0. The van der Waals surface area contributed by atoms with Gasteiger partial charge in [0.2, 0.25) is 0 Å². The van der Waals surface area contributed by atoms with E-state index in [0.29, 0.717) is 11.5 Å². The minimum Gasteiger partial charge on any atom is -0.508 e. The van der Waals surface area contributed by atoms with Crippen LogP contribution < -0.4 is 4.74 Å². The molecule has 0 N–H and O–H groups in total. The third kappa shape index (κ3) is 5.89. The van der Waals surface area contributed by atoms with E-state index in [1.807, 2.05) is 42.6 Å². The Kier molecular flexibility index (Phi) is 8.70. The normalized spacial score (nSPS) is 11.2. The number of rotatable bonds is 7. The minimum absolute atomic E-state index is 0. The van der Waals surface area contributed by atoms with Crippen LogP contribution in [0.25, 0.3) is 72.3 Å². The van der Waals surface area contributed by atoms with Gasteiger partial charge < -0.3 is 9.30 Å². The first kappa shape index (κ1) is 33.3. The third-order valence-electron chi connectivity index (χ3n) is 9.75. The maximum atomic E-state index is 6.53. The smallest absolute Gasteiger partial charge is 0.168 e. The molecule has 0 saturated carbocycles. The molecule has 10 rings (SSSR count). The van der Waals surface area contributed by atoms with Crippen LogP contribution in [0.5, 0.6) is 11.5 Å². The van der Waals surface area contributed by atoms with Gasteiger partial charge in [0.1, 0.15) is 11.5 Å². The van der Waals surface area contributed by atoms with E-state index in [0.717, 1.165) is 61.2 Å². The van der Waals surface area contributed by atoms with Gasteiger partial charge in [-0.15, -0.1) is 29.7 Å². The Morgan fingerprint density at radius 1 is 0.500 bits per heavy atom. The summed E-state index contributed by atoms with van der Waals surface area (Å²) in [5.74, 6) is 2.00. The molecule has 0 radical (unpaired) electrons. The maximum absolute atomic E-state index is 6.53. The second kappa shape index (κ2) is 14.1. The van der Waals surface area contributed by atoms with Crippen molar-refractivity contribution in [3.05, 3.63) is 201 Å². The van der Waals surface area contributed by atoms with Crippen molar-refractivity contribution >= 4 is 32.8 Å². The molecular weight excluding hydrogens is 844 g/mol. The first-order valence-corrected chi connectivity index (χ1v) is 17.6. The number of aromatic nitrogens is 4. The van der Waals surface area contributed by atoms with Gasteiger partial charge in [-0.1, -0.05) is 115 Å². The van der Waals surface area contributed by atoms with Crippen LogP contribution in [0.3, 0.4) is 0 Å². The van der Waals surface area contributed by atoms with Gasteiger partial charge in [0.05, 0.1) is 0 Å². The molecule has 0 saturated heterocycles. The zero-order valence-electron chi connectivity index (χ0n) is 28.9. The topological polar surface area (TPSA) is 36.9 Å². The quantitative estimate of drug-likeness (QED) is 0.150. The van der Waals surface area contributed by atoms with Gasteiger partial charge in [-0.3, -0.25) is 0 Å². The van der Waals surface area contributed by atoms with Gasteiger partial charge in [0.15, 0.2) is 17.4 Å². The van der Waals surface area contributed by atoms with Gasteiger partial charge in [-0.2, -0.15) is 16.7 Å². The molecule has 10 aromatic rings. The van der Waals surface area contributed by atoms with Crippen molar-refractivity contribution in [2.24, 2.45) is 0 Å². The summed E-state index contributed by atoms with van der Waals surface area (Å²) in [6, 6.07) is 67.7. The second-order valence-corrected chi connectivity index (χ2v) is 12.9. The van der Waals surface area contributed by atoms with Crippen LogP contribution in [0.4, 0.5) is 0 Å². The fraction of sp³-hybridized carbons (Fsp3) is 0. The van der Waals surface area contributed by atoms with E-state index in [-0.39, 0.29) is 21.1 Å². The molecule has 54 heavy (non-hydrogen) atoms. The van der Waals surface area contributed by atoms with E-state index in [1.54, 1.807) is 0 Å². The van der Waals surface area contributed by atoms with Crippen molar-refractivity contribution in [1.82, 2.24) is 18.7 Å². The SMILES string of the molecule is [Pt].[c-]1c(Oc2[c-]c3c(cc2)c2ccccc2n3-c2cc(-c3ccccc3-c3ccccc3)ccn2)cccc1-n1[cH+]n(-c2ccccc2)c2ccccc21. The molecule has 0 fully saturated rings.